The van der Waals surface area contributed by atoms with Crippen molar-refractivity contribution in [3.63, 3.8) is 0 Å². The third kappa shape index (κ3) is 30.3. The van der Waals surface area contributed by atoms with Gasteiger partial charge in [0.15, 0.2) is 0 Å². The quantitative estimate of drug-likeness (QED) is 0.0411. The normalized spacial score (nSPS) is 14.6. The third-order valence-electron chi connectivity index (χ3n) is 10.2. The minimum absolute atomic E-state index is 0.0394. The van der Waals surface area contributed by atoms with Crippen LogP contribution in [0, 0.1) is 17.8 Å². The number of carbonyl (C=O) groups excluding carboxylic acids is 3. The summed E-state index contributed by atoms with van der Waals surface area (Å²) in [4.78, 5) is 40.3. The second-order valence-electron chi connectivity index (χ2n) is 17.2. The Balaban J connectivity index is 5.76. The number of hydrogen-bond acceptors (Lipinski definition) is 9. The van der Waals surface area contributed by atoms with Gasteiger partial charge in [-0.1, -0.05) is 0 Å². The molecule has 0 rings (SSSR count). The van der Waals surface area contributed by atoms with Crippen molar-refractivity contribution in [1.82, 2.24) is 0 Å². The van der Waals surface area contributed by atoms with Crippen LogP contribution in [0.25, 0.3) is 0 Å². The maximum absolute atomic E-state index is 13.4. The second kappa shape index (κ2) is 34.2. The molecule has 0 radical (unpaired) electrons. The summed E-state index contributed by atoms with van der Waals surface area (Å²) in [6.07, 6.45) is 19.4. The molecule has 0 heterocycles. The summed E-state index contributed by atoms with van der Waals surface area (Å²) in [5, 5.41) is 32.6. The van der Waals surface area contributed by atoms with Crippen molar-refractivity contribution in [2.24, 2.45) is 17.8 Å². The Hall–Kier alpha value is -0.911. The molecule has 0 aromatic carbocycles. The molecule has 0 aromatic rings. The van der Waals surface area contributed by atoms with E-state index in [0.717, 1.165) is 109 Å². The van der Waals surface area contributed by atoms with Crippen LogP contribution in [-0.4, -0.2) is 71.2 Å². The van der Waals surface area contributed by atoms with Gasteiger partial charge in [-0.15, -0.1) is 0 Å². The first-order chi connectivity index (χ1) is 25.7. The van der Waals surface area contributed by atoms with Gasteiger partial charge in [-0.3, -0.25) is 0 Å². The van der Waals surface area contributed by atoms with E-state index < -0.39 is 55.8 Å². The van der Waals surface area contributed by atoms with Crippen molar-refractivity contribution < 1.29 is 38.9 Å². The van der Waals surface area contributed by atoms with E-state index in [-0.39, 0.29) is 23.7 Å². The predicted octanol–water partition coefficient (Wildman–Crippen LogP) is 11.2. The van der Waals surface area contributed by atoms with Gasteiger partial charge in [-0.2, -0.15) is 0 Å². The fraction of sp³-hybridized carbons (Fsp3) is 0.932. The first kappa shape index (κ1) is 53.1. The Morgan fingerprint density at radius 1 is 0.389 bits per heavy atom. The van der Waals surface area contributed by atoms with Crippen LogP contribution in [-0.2, 0) is 23.6 Å². The minimum atomic E-state index is -5.52. The molecule has 0 saturated carbocycles. The number of aliphatic hydroxyl groups excluding tert-OH is 3. The summed E-state index contributed by atoms with van der Waals surface area (Å²) in [6.45, 7) is 15.4. The molecule has 0 spiro atoms. The van der Waals surface area contributed by atoms with Crippen LogP contribution in [0.15, 0.2) is 0 Å². The van der Waals surface area contributed by atoms with Gasteiger partial charge in [0.05, 0.1) is 0 Å². The number of rotatable bonds is 37. The fourth-order valence-corrected chi connectivity index (χ4v) is 13.6. The van der Waals surface area contributed by atoms with Gasteiger partial charge < -0.3 is 0 Å². The summed E-state index contributed by atoms with van der Waals surface area (Å²) in [7, 11) is 0. The SMILES string of the molecule is CCCCCCC[CH2][Sn]([O]C(=O)C(O)CCCCCCCC(C)C)([O]C(=O)C(O)CCCCCCCC(C)C)[O]C(=O)C(O)CCCCCCCC(C)C. The Bertz CT molecular complexity index is 823. The fourth-order valence-electron chi connectivity index (χ4n) is 6.62. The van der Waals surface area contributed by atoms with Crippen LogP contribution in [0.2, 0.25) is 4.44 Å². The van der Waals surface area contributed by atoms with E-state index in [1.165, 1.54) is 19.3 Å². The second-order valence-corrected chi connectivity index (χ2v) is 24.3. The van der Waals surface area contributed by atoms with E-state index in [2.05, 4.69) is 48.5 Å². The molecule has 0 fully saturated rings. The summed E-state index contributed by atoms with van der Waals surface area (Å²) in [6, 6.07) is 0. The van der Waals surface area contributed by atoms with E-state index in [9.17, 15) is 29.7 Å². The molecule has 0 amide bonds. The molecule has 54 heavy (non-hydrogen) atoms. The molecular formula is C44H86O9Sn. The number of aliphatic hydroxyl groups is 3. The van der Waals surface area contributed by atoms with Crippen molar-refractivity contribution in [2.75, 3.05) is 0 Å². The standard InChI is InChI=1S/3C12H24O3.C8H17.Sn/c3*1-10(2)8-6-4-3-5-7-9-11(13)12(14)15;1-3-5-7-8-6-4-2;/h3*10-11,13H,3-9H2,1-2H3,(H,14,15);1,3-8H2,2H3;/q;;;;+3/p-3. The first-order valence-corrected chi connectivity index (χ1v) is 28.0. The van der Waals surface area contributed by atoms with E-state index in [1.54, 1.807) is 0 Å². The Morgan fingerprint density at radius 3 is 0.907 bits per heavy atom. The van der Waals surface area contributed by atoms with E-state index in [1.807, 2.05) is 0 Å². The van der Waals surface area contributed by atoms with Crippen molar-refractivity contribution in [2.45, 2.75) is 245 Å². The Kier molecular flexibility index (Phi) is 33.6. The zero-order chi connectivity index (χ0) is 40.6. The van der Waals surface area contributed by atoms with E-state index in [4.69, 9.17) is 9.22 Å². The Morgan fingerprint density at radius 2 is 0.630 bits per heavy atom. The molecule has 0 aliphatic rings. The number of unbranched alkanes of at least 4 members (excludes halogenated alkanes) is 17. The van der Waals surface area contributed by atoms with Crippen molar-refractivity contribution >= 4 is 37.5 Å². The zero-order valence-corrected chi connectivity index (χ0v) is 38.9. The summed E-state index contributed by atoms with van der Waals surface area (Å²) in [5.74, 6) is -0.895. The molecule has 3 unspecified atom stereocenters. The molecule has 0 saturated heterocycles. The van der Waals surface area contributed by atoms with Crippen LogP contribution >= 0.6 is 0 Å². The molecule has 0 aliphatic carbocycles. The van der Waals surface area contributed by atoms with Crippen LogP contribution in [0.4, 0.5) is 0 Å². The van der Waals surface area contributed by atoms with Crippen LogP contribution in [0.1, 0.15) is 222 Å². The topological polar surface area (TPSA) is 140 Å². The van der Waals surface area contributed by atoms with E-state index in [0.29, 0.717) is 43.4 Å². The van der Waals surface area contributed by atoms with Crippen LogP contribution in [0.5, 0.6) is 0 Å². The molecule has 3 N–H and O–H groups in total. The molecule has 0 aromatic heterocycles. The molecule has 0 aliphatic heterocycles. The van der Waals surface area contributed by atoms with Gasteiger partial charge in [0.1, 0.15) is 0 Å². The van der Waals surface area contributed by atoms with Gasteiger partial charge in [-0.05, 0) is 0 Å². The van der Waals surface area contributed by atoms with Gasteiger partial charge in [0.2, 0.25) is 0 Å². The summed E-state index contributed by atoms with van der Waals surface area (Å²) < 4.78 is 17.7. The van der Waals surface area contributed by atoms with Crippen LogP contribution < -0.4 is 0 Å². The molecule has 320 valence electrons. The monoisotopic (exact) mass is 879 g/mol. The Labute approximate surface area is 337 Å². The van der Waals surface area contributed by atoms with Crippen LogP contribution in [0.3, 0.4) is 0 Å². The van der Waals surface area contributed by atoms with Gasteiger partial charge in [-0.25, -0.2) is 0 Å². The summed E-state index contributed by atoms with van der Waals surface area (Å²) >= 11 is -5.52. The predicted molar refractivity (Wildman–Crippen MR) is 222 cm³/mol. The van der Waals surface area contributed by atoms with E-state index >= 15 is 0 Å². The summed E-state index contributed by atoms with van der Waals surface area (Å²) in [5.41, 5.74) is 0. The van der Waals surface area contributed by atoms with Gasteiger partial charge >= 0.3 is 339 Å². The van der Waals surface area contributed by atoms with Crippen molar-refractivity contribution in [1.29, 1.82) is 0 Å². The number of hydrogen-bond donors (Lipinski definition) is 3. The molecular weight excluding hydrogens is 791 g/mol. The van der Waals surface area contributed by atoms with Gasteiger partial charge in [0.25, 0.3) is 0 Å². The van der Waals surface area contributed by atoms with Gasteiger partial charge in [0, 0.05) is 0 Å². The molecule has 9 nitrogen and oxygen atoms in total. The van der Waals surface area contributed by atoms with Crippen molar-refractivity contribution in [3.05, 3.63) is 0 Å². The molecule has 3 atom stereocenters. The first-order valence-electron chi connectivity index (χ1n) is 22.5. The molecule has 0 bridgehead atoms. The molecule has 10 heteroatoms. The maximum atomic E-state index is 13.4. The van der Waals surface area contributed by atoms with Crippen molar-refractivity contribution in [3.8, 4) is 0 Å². The zero-order valence-electron chi connectivity index (χ0n) is 36.1. The third-order valence-corrected chi connectivity index (χ3v) is 17.3. The average Bonchev–Trinajstić information content (AvgIpc) is 3.10. The number of carbonyl (C=O) groups is 3. The average molecular weight is 878 g/mol.